The van der Waals surface area contributed by atoms with Crippen LogP contribution in [-0.4, -0.2) is 43.4 Å². The fraction of sp³-hybridized carbons (Fsp3) is 0.429. The van der Waals surface area contributed by atoms with Crippen LogP contribution in [0.1, 0.15) is 13.3 Å². The first-order chi connectivity index (χ1) is 9.85. The molecule has 0 saturated heterocycles. The predicted molar refractivity (Wildman–Crippen MR) is 85.3 cm³/mol. The Morgan fingerprint density at radius 2 is 2.10 bits per heavy atom. The highest BCUT2D eigenvalue weighted by Gasteiger charge is 2.19. The highest BCUT2D eigenvalue weighted by molar-refractivity contribution is 6.34. The van der Waals surface area contributed by atoms with Crippen LogP contribution in [0.5, 0.6) is 0 Å². The van der Waals surface area contributed by atoms with Crippen LogP contribution in [0, 0.1) is 0 Å². The summed E-state index contributed by atoms with van der Waals surface area (Å²) in [5.74, 6) is -0.253. The SMILES string of the molecule is CNC(=O)CCN(C)C(C)C(=O)Nc1ccc(N)cc1Cl. The second-order valence-corrected chi connectivity index (χ2v) is 5.22. The van der Waals surface area contributed by atoms with Gasteiger partial charge in [0, 0.05) is 25.7 Å². The van der Waals surface area contributed by atoms with Gasteiger partial charge in [-0.05, 0) is 32.2 Å². The molecule has 0 heterocycles. The molecule has 0 fully saturated rings. The number of hydrogen-bond acceptors (Lipinski definition) is 4. The minimum absolute atomic E-state index is 0.0592. The molecule has 6 nitrogen and oxygen atoms in total. The molecule has 1 aromatic rings. The van der Waals surface area contributed by atoms with Crippen molar-refractivity contribution < 1.29 is 9.59 Å². The van der Waals surface area contributed by atoms with E-state index in [1.54, 1.807) is 44.1 Å². The lowest BCUT2D eigenvalue weighted by Crippen LogP contribution is -2.41. The van der Waals surface area contributed by atoms with Gasteiger partial charge in [0.25, 0.3) is 0 Å². The van der Waals surface area contributed by atoms with Crippen molar-refractivity contribution in [2.45, 2.75) is 19.4 Å². The van der Waals surface area contributed by atoms with E-state index in [4.69, 9.17) is 17.3 Å². The Labute approximate surface area is 129 Å². The van der Waals surface area contributed by atoms with Gasteiger partial charge in [0.15, 0.2) is 0 Å². The molecule has 116 valence electrons. The molecule has 0 aliphatic rings. The topological polar surface area (TPSA) is 87.5 Å². The summed E-state index contributed by atoms with van der Waals surface area (Å²) in [6.07, 6.45) is 0.341. The number of rotatable bonds is 6. The van der Waals surface area contributed by atoms with Crippen molar-refractivity contribution in [2.75, 3.05) is 31.7 Å². The Morgan fingerprint density at radius 3 is 2.67 bits per heavy atom. The number of nitrogens with zero attached hydrogens (tertiary/aromatic N) is 1. The normalized spacial score (nSPS) is 12.0. The van der Waals surface area contributed by atoms with Crippen molar-refractivity contribution in [2.24, 2.45) is 0 Å². The molecule has 21 heavy (non-hydrogen) atoms. The molecule has 0 aliphatic carbocycles. The zero-order chi connectivity index (χ0) is 16.0. The van der Waals surface area contributed by atoms with E-state index in [1.807, 2.05) is 0 Å². The fourth-order valence-corrected chi connectivity index (χ4v) is 1.90. The quantitative estimate of drug-likeness (QED) is 0.691. The average molecular weight is 313 g/mol. The summed E-state index contributed by atoms with van der Waals surface area (Å²) in [6, 6.07) is 4.52. The van der Waals surface area contributed by atoms with Gasteiger partial charge in [-0.1, -0.05) is 11.6 Å². The van der Waals surface area contributed by atoms with E-state index in [0.717, 1.165) is 0 Å². The Bertz CT molecular complexity index is 522. The molecule has 0 spiro atoms. The van der Waals surface area contributed by atoms with Gasteiger partial charge in [-0.2, -0.15) is 0 Å². The van der Waals surface area contributed by atoms with Gasteiger partial charge in [0.1, 0.15) is 0 Å². The third-order valence-corrected chi connectivity index (χ3v) is 3.57. The maximum absolute atomic E-state index is 12.2. The molecule has 7 heteroatoms. The van der Waals surface area contributed by atoms with E-state index >= 15 is 0 Å². The number of carbonyl (C=O) groups excluding carboxylic acids is 2. The van der Waals surface area contributed by atoms with Gasteiger partial charge in [0.2, 0.25) is 11.8 Å². The number of nitrogen functional groups attached to an aromatic ring is 1. The number of amides is 2. The predicted octanol–water partition coefficient (Wildman–Crippen LogP) is 1.32. The van der Waals surface area contributed by atoms with Crippen molar-refractivity contribution in [3.8, 4) is 0 Å². The number of carbonyl (C=O) groups is 2. The Hall–Kier alpha value is -1.79. The third kappa shape index (κ3) is 5.24. The molecular weight excluding hydrogens is 292 g/mol. The van der Waals surface area contributed by atoms with E-state index in [9.17, 15) is 9.59 Å². The minimum atomic E-state index is -0.386. The standard InChI is InChI=1S/C14H21ClN4O2/c1-9(19(3)7-6-13(20)17-2)14(21)18-12-5-4-10(16)8-11(12)15/h4-5,8-9H,6-7,16H2,1-3H3,(H,17,20)(H,18,21). The maximum Gasteiger partial charge on any atom is 0.241 e. The second-order valence-electron chi connectivity index (χ2n) is 4.81. The summed E-state index contributed by atoms with van der Waals surface area (Å²) >= 11 is 6.02. The summed E-state index contributed by atoms with van der Waals surface area (Å²) in [7, 11) is 3.37. The lowest BCUT2D eigenvalue weighted by atomic mass is 10.2. The molecular formula is C14H21ClN4O2. The molecule has 4 N–H and O–H groups in total. The van der Waals surface area contributed by atoms with Crippen LogP contribution in [0.25, 0.3) is 0 Å². The van der Waals surface area contributed by atoms with Crippen molar-refractivity contribution in [1.82, 2.24) is 10.2 Å². The molecule has 0 aromatic heterocycles. The monoisotopic (exact) mass is 312 g/mol. The third-order valence-electron chi connectivity index (χ3n) is 3.26. The Balaban J connectivity index is 2.59. The zero-order valence-corrected chi connectivity index (χ0v) is 13.2. The smallest absolute Gasteiger partial charge is 0.241 e. The number of anilines is 2. The molecule has 1 atom stereocenters. The van der Waals surface area contributed by atoms with Gasteiger partial charge in [0.05, 0.1) is 16.8 Å². The fourth-order valence-electron chi connectivity index (χ4n) is 1.67. The van der Waals surface area contributed by atoms with Gasteiger partial charge in [-0.3, -0.25) is 14.5 Å². The summed E-state index contributed by atoms with van der Waals surface area (Å²) in [5.41, 5.74) is 6.66. The van der Waals surface area contributed by atoms with E-state index in [-0.39, 0.29) is 17.9 Å². The van der Waals surface area contributed by atoms with E-state index in [0.29, 0.717) is 29.4 Å². The highest BCUT2D eigenvalue weighted by Crippen LogP contribution is 2.24. The van der Waals surface area contributed by atoms with Crippen molar-refractivity contribution in [3.63, 3.8) is 0 Å². The molecule has 0 bridgehead atoms. The first-order valence-corrected chi connectivity index (χ1v) is 6.99. The van der Waals surface area contributed by atoms with Gasteiger partial charge in [-0.15, -0.1) is 0 Å². The average Bonchev–Trinajstić information content (AvgIpc) is 2.46. The van der Waals surface area contributed by atoms with Gasteiger partial charge in [-0.25, -0.2) is 0 Å². The van der Waals surface area contributed by atoms with Crippen LogP contribution in [0.4, 0.5) is 11.4 Å². The van der Waals surface area contributed by atoms with Crippen LogP contribution in [0.2, 0.25) is 5.02 Å². The van der Waals surface area contributed by atoms with Crippen molar-refractivity contribution in [1.29, 1.82) is 0 Å². The maximum atomic E-state index is 12.2. The van der Waals surface area contributed by atoms with Gasteiger partial charge < -0.3 is 16.4 Å². The summed E-state index contributed by atoms with van der Waals surface area (Å²) < 4.78 is 0. The van der Waals surface area contributed by atoms with Crippen molar-refractivity contribution >= 4 is 34.8 Å². The lowest BCUT2D eigenvalue weighted by Gasteiger charge is -2.23. The molecule has 2 amide bonds. The largest absolute Gasteiger partial charge is 0.399 e. The lowest BCUT2D eigenvalue weighted by molar-refractivity contribution is -0.123. The number of likely N-dealkylation sites (N-methyl/N-ethyl adjacent to an activating group) is 1. The van der Waals surface area contributed by atoms with Crippen LogP contribution in [0.3, 0.4) is 0 Å². The summed E-state index contributed by atoms with van der Waals surface area (Å²) in [4.78, 5) is 25.2. The number of nitrogens with two attached hydrogens (primary N) is 1. The molecule has 0 aliphatic heterocycles. The van der Waals surface area contributed by atoms with E-state index < -0.39 is 0 Å². The highest BCUT2D eigenvalue weighted by atomic mass is 35.5. The van der Waals surface area contributed by atoms with Crippen LogP contribution >= 0.6 is 11.6 Å². The molecule has 1 unspecified atom stereocenters. The molecule has 0 radical (unpaired) electrons. The molecule has 0 saturated carbocycles. The number of nitrogens with one attached hydrogen (secondary N) is 2. The molecule has 1 aromatic carbocycles. The first kappa shape index (κ1) is 17.3. The second kappa shape index (κ2) is 7.85. The number of hydrogen-bond donors (Lipinski definition) is 3. The summed E-state index contributed by atoms with van der Waals surface area (Å²) in [5, 5.41) is 5.69. The number of halogens is 1. The van der Waals surface area contributed by atoms with Crippen LogP contribution < -0.4 is 16.4 Å². The van der Waals surface area contributed by atoms with Crippen LogP contribution in [-0.2, 0) is 9.59 Å². The molecule has 1 rings (SSSR count). The van der Waals surface area contributed by atoms with E-state index in [2.05, 4.69) is 10.6 Å². The minimum Gasteiger partial charge on any atom is -0.399 e. The van der Waals surface area contributed by atoms with Crippen LogP contribution in [0.15, 0.2) is 18.2 Å². The van der Waals surface area contributed by atoms with Gasteiger partial charge >= 0.3 is 0 Å². The Kier molecular flexibility index (Phi) is 6.45. The summed E-state index contributed by atoms with van der Waals surface area (Å²) in [6.45, 7) is 2.26. The number of benzene rings is 1. The Morgan fingerprint density at radius 1 is 1.43 bits per heavy atom. The zero-order valence-electron chi connectivity index (χ0n) is 12.4. The first-order valence-electron chi connectivity index (χ1n) is 6.62. The van der Waals surface area contributed by atoms with E-state index in [1.165, 1.54) is 0 Å². The van der Waals surface area contributed by atoms with Crippen molar-refractivity contribution in [3.05, 3.63) is 23.2 Å².